The van der Waals surface area contributed by atoms with E-state index in [1.165, 1.54) is 11.3 Å². The molecule has 1 aromatic carbocycles. The Labute approximate surface area is 123 Å². The third kappa shape index (κ3) is 5.22. The highest BCUT2D eigenvalue weighted by Gasteiger charge is 2.09. The highest BCUT2D eigenvalue weighted by Crippen LogP contribution is 2.20. The molecule has 1 unspecified atom stereocenters. The minimum atomic E-state index is 0.381. The molecule has 0 heterocycles. The van der Waals surface area contributed by atoms with Crippen molar-refractivity contribution in [2.75, 3.05) is 24.5 Å². The lowest BCUT2D eigenvalue weighted by Gasteiger charge is -2.26. The molecule has 3 heteroatoms. The van der Waals surface area contributed by atoms with Gasteiger partial charge in [-0.15, -0.1) is 0 Å². The molecule has 1 N–H and O–H groups in total. The van der Waals surface area contributed by atoms with Crippen LogP contribution in [-0.4, -0.2) is 19.6 Å². The summed E-state index contributed by atoms with van der Waals surface area (Å²) >= 11 is 0. The summed E-state index contributed by atoms with van der Waals surface area (Å²) in [5.41, 5.74) is 2.52. The van der Waals surface area contributed by atoms with Crippen LogP contribution in [0.5, 0.6) is 0 Å². The van der Waals surface area contributed by atoms with Crippen LogP contribution in [0.3, 0.4) is 0 Å². The van der Waals surface area contributed by atoms with E-state index in [1.54, 1.807) is 0 Å². The predicted octanol–water partition coefficient (Wildman–Crippen LogP) is 3.73. The smallest absolute Gasteiger partial charge is 0.0640 e. The normalized spacial score (nSPS) is 12.2. The largest absolute Gasteiger partial charge is 0.370 e. The van der Waals surface area contributed by atoms with E-state index in [2.05, 4.69) is 68.2 Å². The number of hydrogen-bond donors (Lipinski definition) is 1. The van der Waals surface area contributed by atoms with Gasteiger partial charge in [-0.3, -0.25) is 0 Å². The Morgan fingerprint density at radius 2 is 1.85 bits per heavy atom. The summed E-state index contributed by atoms with van der Waals surface area (Å²) in [6.45, 7) is 11.5. The van der Waals surface area contributed by atoms with Crippen LogP contribution < -0.4 is 10.2 Å². The lowest BCUT2D eigenvalue weighted by atomic mass is 10.1. The molecule has 0 amide bonds. The summed E-state index contributed by atoms with van der Waals surface area (Å²) in [6, 6.07) is 11.3. The lowest BCUT2D eigenvalue weighted by Crippen LogP contribution is -2.28. The van der Waals surface area contributed by atoms with E-state index in [0.29, 0.717) is 18.4 Å². The van der Waals surface area contributed by atoms with Crippen LogP contribution in [-0.2, 0) is 0 Å². The molecule has 20 heavy (non-hydrogen) atoms. The van der Waals surface area contributed by atoms with E-state index < -0.39 is 0 Å². The fraction of sp³-hybridized carbons (Fsp3) is 0.588. The van der Waals surface area contributed by atoms with Crippen molar-refractivity contribution in [3.05, 3.63) is 29.8 Å². The molecule has 0 fully saturated rings. The number of nitrogens with one attached hydrogen (secondary N) is 1. The van der Waals surface area contributed by atoms with Gasteiger partial charge in [0.1, 0.15) is 0 Å². The second-order valence-corrected chi connectivity index (χ2v) is 5.62. The molecule has 0 aliphatic rings. The minimum Gasteiger partial charge on any atom is -0.370 e. The Balaban J connectivity index is 2.78. The van der Waals surface area contributed by atoms with Gasteiger partial charge in [-0.2, -0.15) is 5.26 Å². The highest BCUT2D eigenvalue weighted by atomic mass is 15.1. The topological polar surface area (TPSA) is 39.1 Å². The average Bonchev–Trinajstić information content (AvgIpc) is 2.43. The maximum absolute atomic E-state index is 8.79. The van der Waals surface area contributed by atoms with Crippen LogP contribution in [0.2, 0.25) is 0 Å². The lowest BCUT2D eigenvalue weighted by molar-refractivity contribution is 0.597. The van der Waals surface area contributed by atoms with Crippen LogP contribution in [0.4, 0.5) is 5.69 Å². The first-order valence-electron chi connectivity index (χ1n) is 7.53. The first-order chi connectivity index (χ1) is 9.58. The first kappa shape index (κ1) is 16.5. The second kappa shape index (κ2) is 8.60. The zero-order valence-corrected chi connectivity index (χ0v) is 13.2. The third-order valence-electron chi connectivity index (χ3n) is 3.35. The molecular formula is C17H27N3. The second-order valence-electron chi connectivity index (χ2n) is 5.62. The van der Waals surface area contributed by atoms with Crippen LogP contribution in [0, 0.1) is 17.2 Å². The number of nitrogens with zero attached hydrogens (tertiary/aromatic N) is 2. The third-order valence-corrected chi connectivity index (χ3v) is 3.35. The molecule has 110 valence electrons. The van der Waals surface area contributed by atoms with Gasteiger partial charge < -0.3 is 10.2 Å². The zero-order chi connectivity index (χ0) is 15.0. The van der Waals surface area contributed by atoms with Crippen molar-refractivity contribution < 1.29 is 0 Å². The maximum Gasteiger partial charge on any atom is 0.0640 e. The summed E-state index contributed by atoms with van der Waals surface area (Å²) in [6.07, 6.45) is 0.572. The Morgan fingerprint density at radius 1 is 1.20 bits per heavy atom. The molecule has 1 aromatic rings. The van der Waals surface area contributed by atoms with E-state index >= 15 is 0 Å². The van der Waals surface area contributed by atoms with Crippen molar-refractivity contribution in [3.63, 3.8) is 0 Å². The van der Waals surface area contributed by atoms with Crippen molar-refractivity contribution in [1.82, 2.24) is 5.32 Å². The van der Waals surface area contributed by atoms with Crippen LogP contribution in [0.1, 0.15) is 45.7 Å². The van der Waals surface area contributed by atoms with E-state index in [4.69, 9.17) is 5.26 Å². The van der Waals surface area contributed by atoms with Crippen molar-refractivity contribution in [2.24, 2.45) is 5.92 Å². The van der Waals surface area contributed by atoms with Gasteiger partial charge in [-0.1, -0.05) is 32.9 Å². The standard InChI is InChI=1S/C17H27N3/c1-5-19-15(4)16-7-9-17(10-8-16)20(12-6-11-18)13-14(2)3/h7-10,14-15,19H,5-6,12-13H2,1-4H3. The fourth-order valence-electron chi connectivity index (χ4n) is 2.35. The zero-order valence-electron chi connectivity index (χ0n) is 13.2. The van der Waals surface area contributed by atoms with Gasteiger partial charge in [-0.25, -0.2) is 0 Å². The molecule has 0 aliphatic heterocycles. The van der Waals surface area contributed by atoms with Gasteiger partial charge in [0.05, 0.1) is 12.5 Å². The van der Waals surface area contributed by atoms with Gasteiger partial charge in [0.25, 0.3) is 0 Å². The molecule has 1 atom stereocenters. The highest BCUT2D eigenvalue weighted by molar-refractivity contribution is 5.48. The van der Waals surface area contributed by atoms with E-state index in [-0.39, 0.29) is 0 Å². The Bertz CT molecular complexity index is 417. The molecule has 0 radical (unpaired) electrons. The Kier molecular flexibility index (Phi) is 7.11. The van der Waals surface area contributed by atoms with Gasteiger partial charge >= 0.3 is 0 Å². The molecule has 0 aliphatic carbocycles. The van der Waals surface area contributed by atoms with Gasteiger partial charge in [0.2, 0.25) is 0 Å². The predicted molar refractivity (Wildman–Crippen MR) is 85.8 cm³/mol. The quantitative estimate of drug-likeness (QED) is 0.784. The number of nitriles is 1. The average molecular weight is 273 g/mol. The number of rotatable bonds is 8. The van der Waals surface area contributed by atoms with E-state index in [1.807, 2.05) is 0 Å². The number of benzene rings is 1. The van der Waals surface area contributed by atoms with Gasteiger partial charge in [0.15, 0.2) is 0 Å². The van der Waals surface area contributed by atoms with Crippen LogP contribution >= 0.6 is 0 Å². The van der Waals surface area contributed by atoms with Crippen LogP contribution in [0.15, 0.2) is 24.3 Å². The Morgan fingerprint density at radius 3 is 2.35 bits per heavy atom. The monoisotopic (exact) mass is 273 g/mol. The minimum absolute atomic E-state index is 0.381. The van der Waals surface area contributed by atoms with Crippen LogP contribution in [0.25, 0.3) is 0 Å². The van der Waals surface area contributed by atoms with Crippen molar-refractivity contribution in [2.45, 2.75) is 40.2 Å². The number of hydrogen-bond acceptors (Lipinski definition) is 3. The molecule has 0 saturated heterocycles. The first-order valence-corrected chi connectivity index (χ1v) is 7.53. The Hall–Kier alpha value is -1.53. The maximum atomic E-state index is 8.79. The van der Waals surface area contributed by atoms with Gasteiger partial charge in [0, 0.05) is 24.8 Å². The molecule has 0 spiro atoms. The molecule has 0 aromatic heterocycles. The van der Waals surface area contributed by atoms with Crippen molar-refractivity contribution >= 4 is 5.69 Å². The fourth-order valence-corrected chi connectivity index (χ4v) is 2.35. The SMILES string of the molecule is CCNC(C)c1ccc(N(CCC#N)CC(C)C)cc1. The van der Waals surface area contributed by atoms with Gasteiger partial charge in [-0.05, 0) is 37.1 Å². The summed E-state index contributed by atoms with van der Waals surface area (Å²) in [5.74, 6) is 0.592. The van der Waals surface area contributed by atoms with E-state index in [9.17, 15) is 0 Å². The molecule has 3 nitrogen and oxygen atoms in total. The molecule has 0 saturated carbocycles. The molecular weight excluding hydrogens is 246 g/mol. The molecule has 0 bridgehead atoms. The summed E-state index contributed by atoms with van der Waals surface area (Å²) in [7, 11) is 0. The number of anilines is 1. The van der Waals surface area contributed by atoms with E-state index in [0.717, 1.165) is 19.6 Å². The van der Waals surface area contributed by atoms with Crippen molar-refractivity contribution in [3.8, 4) is 6.07 Å². The van der Waals surface area contributed by atoms with Crippen molar-refractivity contribution in [1.29, 1.82) is 5.26 Å². The summed E-state index contributed by atoms with van der Waals surface area (Å²) in [5, 5.41) is 12.2. The summed E-state index contributed by atoms with van der Waals surface area (Å²) in [4.78, 5) is 2.30. The summed E-state index contributed by atoms with van der Waals surface area (Å²) < 4.78 is 0. The molecule has 1 rings (SSSR count).